The molecule has 0 aliphatic carbocycles. The Morgan fingerprint density at radius 2 is 1.53 bits per heavy atom. The summed E-state index contributed by atoms with van der Waals surface area (Å²) in [5, 5.41) is 2.94. The van der Waals surface area contributed by atoms with Crippen molar-refractivity contribution in [1.29, 1.82) is 0 Å². The van der Waals surface area contributed by atoms with Crippen molar-refractivity contribution in [3.05, 3.63) is 60.2 Å². The number of nitrogens with zero attached hydrogens (tertiary/aromatic N) is 3. The third kappa shape index (κ3) is 5.38. The molecule has 0 radical (unpaired) electrons. The van der Waals surface area contributed by atoms with Crippen LogP contribution in [0.2, 0.25) is 0 Å². The van der Waals surface area contributed by atoms with Gasteiger partial charge < -0.3 is 5.32 Å². The molecule has 4 rings (SSSR count). The maximum atomic E-state index is 12.8. The quantitative estimate of drug-likeness (QED) is 0.693. The number of amides is 1. The van der Waals surface area contributed by atoms with Gasteiger partial charge in [-0.15, -0.1) is 0 Å². The average molecular weight is 457 g/mol. The van der Waals surface area contributed by atoms with Gasteiger partial charge in [0.1, 0.15) is 0 Å². The lowest BCUT2D eigenvalue weighted by Crippen LogP contribution is -2.52. The van der Waals surface area contributed by atoms with Gasteiger partial charge >= 0.3 is 0 Å². The zero-order chi connectivity index (χ0) is 22.6. The zero-order valence-corrected chi connectivity index (χ0v) is 19.4. The van der Waals surface area contributed by atoms with Crippen LogP contribution >= 0.6 is 0 Å². The van der Waals surface area contributed by atoms with Crippen LogP contribution in [-0.2, 0) is 21.4 Å². The number of hydrogen-bond acceptors (Lipinski definition) is 5. The lowest BCUT2D eigenvalue weighted by atomic mass is 10.1. The van der Waals surface area contributed by atoms with Gasteiger partial charge in [0.15, 0.2) is 0 Å². The highest BCUT2D eigenvalue weighted by atomic mass is 32.2. The molecular weight excluding hydrogens is 424 g/mol. The first-order valence-electron chi connectivity index (χ1n) is 11.3. The second-order valence-electron chi connectivity index (χ2n) is 8.60. The molecule has 1 amide bonds. The van der Waals surface area contributed by atoms with Crippen molar-refractivity contribution in [1.82, 2.24) is 14.1 Å². The van der Waals surface area contributed by atoms with Crippen molar-refractivity contribution in [3.8, 4) is 0 Å². The molecule has 1 atom stereocenters. The zero-order valence-electron chi connectivity index (χ0n) is 18.6. The molecule has 0 bridgehead atoms. The lowest BCUT2D eigenvalue weighted by molar-refractivity contribution is -0.121. The van der Waals surface area contributed by atoms with Crippen LogP contribution in [0.25, 0.3) is 0 Å². The highest BCUT2D eigenvalue weighted by Crippen LogP contribution is 2.22. The number of anilines is 1. The number of sulfonamides is 1. The molecule has 2 aromatic rings. The molecule has 0 spiro atoms. The Bertz CT molecular complexity index is 997. The summed E-state index contributed by atoms with van der Waals surface area (Å²) in [5.74, 6) is -0.0725. The van der Waals surface area contributed by atoms with E-state index in [1.807, 2.05) is 13.0 Å². The molecule has 7 nitrogen and oxygen atoms in total. The van der Waals surface area contributed by atoms with Crippen LogP contribution in [0.3, 0.4) is 0 Å². The molecule has 2 aliphatic rings. The summed E-state index contributed by atoms with van der Waals surface area (Å²) in [6, 6.07) is 16.7. The fraction of sp³-hybridized carbons (Fsp3) is 0.458. The van der Waals surface area contributed by atoms with E-state index in [4.69, 9.17) is 0 Å². The van der Waals surface area contributed by atoms with Crippen molar-refractivity contribution in [2.75, 3.05) is 44.6 Å². The van der Waals surface area contributed by atoms with Gasteiger partial charge in [0.2, 0.25) is 15.9 Å². The molecule has 2 aromatic carbocycles. The van der Waals surface area contributed by atoms with E-state index in [2.05, 4.69) is 39.4 Å². The van der Waals surface area contributed by atoms with E-state index in [1.165, 1.54) is 9.87 Å². The first-order chi connectivity index (χ1) is 15.4. The number of hydrogen-bond donors (Lipinski definition) is 1. The fourth-order valence-corrected chi connectivity index (χ4v) is 5.87. The lowest BCUT2D eigenvalue weighted by Gasteiger charge is -2.37. The van der Waals surface area contributed by atoms with Gasteiger partial charge in [0.05, 0.1) is 10.9 Å². The molecule has 0 aromatic heterocycles. The molecule has 0 unspecified atom stereocenters. The van der Waals surface area contributed by atoms with Crippen LogP contribution < -0.4 is 5.32 Å². The molecule has 2 saturated heterocycles. The first-order valence-corrected chi connectivity index (χ1v) is 12.8. The standard InChI is InChI=1S/C24H32N4O3S/c1-20(27-17-15-26(16-18-27)19-21-7-3-2-4-8-21)24(29)25-22-9-11-23(12-10-22)32(30,31)28-13-5-6-14-28/h2-4,7-12,20H,5-6,13-19H2,1H3,(H,25,29)/t20-/m1/s1. The number of carbonyl (C=O) groups excluding carboxylic acids is 1. The van der Waals surface area contributed by atoms with Gasteiger partial charge in [-0.05, 0) is 49.6 Å². The molecule has 172 valence electrons. The molecule has 1 N–H and O–H groups in total. The highest BCUT2D eigenvalue weighted by Gasteiger charge is 2.28. The Morgan fingerprint density at radius 1 is 0.906 bits per heavy atom. The maximum absolute atomic E-state index is 12.8. The summed E-state index contributed by atoms with van der Waals surface area (Å²) < 4.78 is 26.8. The Balaban J connectivity index is 1.28. The third-order valence-electron chi connectivity index (χ3n) is 6.41. The molecule has 0 saturated carbocycles. The van der Waals surface area contributed by atoms with E-state index in [0.717, 1.165) is 45.6 Å². The Hall–Kier alpha value is -2.26. The second-order valence-corrected chi connectivity index (χ2v) is 10.5. The minimum Gasteiger partial charge on any atom is -0.325 e. The van der Waals surface area contributed by atoms with E-state index in [-0.39, 0.29) is 16.8 Å². The summed E-state index contributed by atoms with van der Waals surface area (Å²) in [7, 11) is -3.44. The maximum Gasteiger partial charge on any atom is 0.243 e. The molecule has 32 heavy (non-hydrogen) atoms. The van der Waals surface area contributed by atoms with Gasteiger partial charge in [-0.2, -0.15) is 4.31 Å². The highest BCUT2D eigenvalue weighted by molar-refractivity contribution is 7.89. The number of nitrogens with one attached hydrogen (secondary N) is 1. The van der Waals surface area contributed by atoms with Gasteiger partial charge in [-0.3, -0.25) is 14.6 Å². The van der Waals surface area contributed by atoms with Crippen LogP contribution in [0, 0.1) is 0 Å². The van der Waals surface area contributed by atoms with E-state index < -0.39 is 10.0 Å². The van der Waals surface area contributed by atoms with E-state index in [1.54, 1.807) is 24.3 Å². The fourth-order valence-electron chi connectivity index (χ4n) is 4.35. The summed E-state index contributed by atoms with van der Waals surface area (Å²) in [4.78, 5) is 17.7. The Labute approximate surface area is 191 Å². The number of carbonyl (C=O) groups is 1. The van der Waals surface area contributed by atoms with E-state index >= 15 is 0 Å². The van der Waals surface area contributed by atoms with Gasteiger partial charge in [0, 0.05) is 51.5 Å². The molecule has 8 heteroatoms. The van der Waals surface area contributed by atoms with Gasteiger partial charge in [-0.25, -0.2) is 8.42 Å². The largest absolute Gasteiger partial charge is 0.325 e. The van der Waals surface area contributed by atoms with E-state index in [0.29, 0.717) is 18.8 Å². The van der Waals surface area contributed by atoms with Crippen molar-refractivity contribution in [2.45, 2.75) is 37.2 Å². The number of piperazine rings is 1. The second kappa shape index (κ2) is 10.1. The van der Waals surface area contributed by atoms with Crippen LogP contribution in [0.5, 0.6) is 0 Å². The Kier molecular flexibility index (Phi) is 7.25. The van der Waals surface area contributed by atoms with Gasteiger partial charge in [-0.1, -0.05) is 30.3 Å². The topological polar surface area (TPSA) is 73.0 Å². The number of rotatable bonds is 7. The van der Waals surface area contributed by atoms with E-state index in [9.17, 15) is 13.2 Å². The van der Waals surface area contributed by atoms with Crippen LogP contribution in [0.1, 0.15) is 25.3 Å². The van der Waals surface area contributed by atoms with Crippen LogP contribution in [-0.4, -0.2) is 73.7 Å². The monoisotopic (exact) mass is 456 g/mol. The van der Waals surface area contributed by atoms with Crippen molar-refractivity contribution < 1.29 is 13.2 Å². The minimum absolute atomic E-state index is 0.0725. The normalized spacial score (nSPS) is 19.7. The first kappa shape index (κ1) is 22.9. The summed E-state index contributed by atoms with van der Waals surface area (Å²) in [5.41, 5.74) is 1.92. The summed E-state index contributed by atoms with van der Waals surface area (Å²) in [6.45, 7) is 7.55. The van der Waals surface area contributed by atoms with Crippen molar-refractivity contribution in [2.24, 2.45) is 0 Å². The average Bonchev–Trinajstić information content (AvgIpc) is 3.36. The Morgan fingerprint density at radius 3 is 2.16 bits per heavy atom. The summed E-state index contributed by atoms with van der Waals surface area (Å²) in [6.07, 6.45) is 1.82. The van der Waals surface area contributed by atoms with Gasteiger partial charge in [0.25, 0.3) is 0 Å². The SMILES string of the molecule is C[C@H](C(=O)Nc1ccc(S(=O)(=O)N2CCCC2)cc1)N1CCN(Cc2ccccc2)CC1. The smallest absolute Gasteiger partial charge is 0.243 e. The van der Waals surface area contributed by atoms with Crippen LogP contribution in [0.4, 0.5) is 5.69 Å². The predicted octanol–water partition coefficient (Wildman–Crippen LogP) is 2.62. The predicted molar refractivity (Wildman–Crippen MR) is 126 cm³/mol. The molecule has 2 heterocycles. The number of benzene rings is 2. The third-order valence-corrected chi connectivity index (χ3v) is 8.32. The minimum atomic E-state index is -3.44. The van der Waals surface area contributed by atoms with Crippen LogP contribution in [0.15, 0.2) is 59.5 Å². The molecule has 2 fully saturated rings. The van der Waals surface area contributed by atoms with Crippen molar-refractivity contribution in [3.63, 3.8) is 0 Å². The van der Waals surface area contributed by atoms with Crippen molar-refractivity contribution >= 4 is 21.6 Å². The summed E-state index contributed by atoms with van der Waals surface area (Å²) >= 11 is 0. The molecule has 2 aliphatic heterocycles. The molecular formula is C24H32N4O3S.